The second-order valence-electron chi connectivity index (χ2n) is 7.42. The van der Waals surface area contributed by atoms with Crippen molar-refractivity contribution in [3.8, 4) is 11.1 Å². The number of hydrogen-bond acceptors (Lipinski definition) is 3. The molecule has 0 radical (unpaired) electrons. The van der Waals surface area contributed by atoms with E-state index >= 15 is 0 Å². The normalized spacial score (nSPS) is 24.0. The zero-order chi connectivity index (χ0) is 19.9. The number of rotatable bonds is 4. The maximum absolute atomic E-state index is 13.3. The number of carbonyl (C=O) groups is 1. The number of ketones is 1. The number of aliphatic hydroxyl groups excluding tert-OH is 1. The maximum atomic E-state index is 13.3. The third-order valence-electron chi connectivity index (χ3n) is 5.95. The number of aryl methyl sites for hydroxylation is 1. The summed E-state index contributed by atoms with van der Waals surface area (Å²) >= 11 is 6.02. The fraction of sp³-hybridized carbons (Fsp3) is 0.292. The lowest BCUT2D eigenvalue weighted by molar-refractivity contribution is -0.116. The first-order valence-electron chi connectivity index (χ1n) is 9.60. The van der Waals surface area contributed by atoms with Crippen LogP contribution in [-0.2, 0) is 16.0 Å². The number of hydrogen-bond donors (Lipinski definition) is 1. The summed E-state index contributed by atoms with van der Waals surface area (Å²) in [5.41, 5.74) is 3.28. The molecule has 144 valence electrons. The van der Waals surface area contributed by atoms with Crippen molar-refractivity contribution in [2.45, 2.75) is 31.8 Å². The van der Waals surface area contributed by atoms with E-state index in [1.54, 1.807) is 7.11 Å². The highest BCUT2D eigenvalue weighted by Gasteiger charge is 2.45. The van der Waals surface area contributed by atoms with Crippen molar-refractivity contribution in [2.75, 3.05) is 7.11 Å². The van der Waals surface area contributed by atoms with Crippen molar-refractivity contribution in [1.29, 1.82) is 0 Å². The van der Waals surface area contributed by atoms with Crippen molar-refractivity contribution >= 4 is 23.0 Å². The van der Waals surface area contributed by atoms with Crippen molar-refractivity contribution in [3.05, 3.63) is 76.5 Å². The maximum Gasteiger partial charge on any atom is 0.173 e. The molecule has 1 unspecified atom stereocenters. The van der Waals surface area contributed by atoms with Gasteiger partial charge in [-0.05, 0) is 65.8 Å². The van der Waals surface area contributed by atoms with Gasteiger partial charge in [-0.25, -0.2) is 0 Å². The standard InChI is InChI=1S/C24H23ClO3/c1-3-15-4-5-18(16-6-8-19(25)9-7-16)14-20(15)21-22(26)17-10-12-24(28-2,13-11-17)23(21)27/h4-10,12,14,17,27H,3,11,13H2,1-2H3/t17?,24-/m1/s1. The third-order valence-corrected chi connectivity index (χ3v) is 6.20. The van der Waals surface area contributed by atoms with Crippen LogP contribution >= 0.6 is 11.6 Å². The summed E-state index contributed by atoms with van der Waals surface area (Å²) in [5.74, 6) is -0.223. The number of Topliss-reactive ketones (excluding diaryl/α,β-unsaturated/α-hetero) is 1. The molecule has 2 bridgehead atoms. The molecule has 0 aromatic heterocycles. The number of methoxy groups -OCH3 is 1. The molecule has 0 heterocycles. The van der Waals surface area contributed by atoms with Crippen LogP contribution in [0.1, 0.15) is 30.9 Å². The molecule has 3 nitrogen and oxygen atoms in total. The molecule has 1 N–H and O–H groups in total. The van der Waals surface area contributed by atoms with Gasteiger partial charge in [-0.1, -0.05) is 48.9 Å². The van der Waals surface area contributed by atoms with Gasteiger partial charge in [0.2, 0.25) is 0 Å². The summed E-state index contributed by atoms with van der Waals surface area (Å²) in [6.07, 6.45) is 5.76. The van der Waals surface area contributed by atoms with E-state index in [9.17, 15) is 9.90 Å². The molecule has 2 aromatic carbocycles. The smallest absolute Gasteiger partial charge is 0.173 e. The molecular weight excluding hydrogens is 372 g/mol. The van der Waals surface area contributed by atoms with Crippen LogP contribution in [0.2, 0.25) is 5.02 Å². The van der Waals surface area contributed by atoms with Crippen molar-refractivity contribution in [3.63, 3.8) is 0 Å². The fourth-order valence-electron chi connectivity index (χ4n) is 4.22. The Morgan fingerprint density at radius 1 is 1.18 bits per heavy atom. The minimum atomic E-state index is -0.917. The Bertz CT molecular complexity index is 987. The SMILES string of the molecule is CCc1ccc(-c2ccc(Cl)cc2)cc1C1=C(O)[C@@]2(OC)C=CC(CC2)C1=O. The van der Waals surface area contributed by atoms with Gasteiger partial charge in [-0.3, -0.25) is 4.79 Å². The lowest BCUT2D eigenvalue weighted by atomic mass is 9.86. The molecule has 4 heteroatoms. The monoisotopic (exact) mass is 394 g/mol. The van der Waals surface area contributed by atoms with E-state index in [0.717, 1.165) is 28.7 Å². The van der Waals surface area contributed by atoms with E-state index in [1.807, 2.05) is 54.6 Å². The quantitative estimate of drug-likeness (QED) is 0.669. The van der Waals surface area contributed by atoms with Crippen LogP contribution in [0.3, 0.4) is 0 Å². The zero-order valence-corrected chi connectivity index (χ0v) is 16.8. The van der Waals surface area contributed by atoms with Gasteiger partial charge in [-0.2, -0.15) is 0 Å². The van der Waals surface area contributed by atoms with Crippen molar-refractivity contribution < 1.29 is 14.6 Å². The minimum absolute atomic E-state index is 0.0270. The first-order valence-corrected chi connectivity index (χ1v) is 9.98. The molecule has 0 saturated carbocycles. The number of allylic oxidation sites excluding steroid dienone is 2. The molecule has 0 spiro atoms. The molecule has 2 atom stereocenters. The summed E-state index contributed by atoms with van der Waals surface area (Å²) in [7, 11) is 1.58. The molecular formula is C24H23ClO3. The Hall–Kier alpha value is -2.36. The number of fused-ring (bicyclic) bond motifs is 2. The number of carbonyl (C=O) groups excluding carboxylic acids is 1. The molecule has 0 saturated heterocycles. The van der Waals surface area contributed by atoms with Gasteiger partial charge in [0, 0.05) is 18.1 Å². The first kappa shape index (κ1) is 19.0. The van der Waals surface area contributed by atoms with Gasteiger partial charge < -0.3 is 9.84 Å². The summed E-state index contributed by atoms with van der Waals surface area (Å²) in [6.45, 7) is 2.05. The second kappa shape index (κ2) is 7.23. The van der Waals surface area contributed by atoms with E-state index in [0.29, 0.717) is 23.4 Å². The Morgan fingerprint density at radius 3 is 2.50 bits per heavy atom. The summed E-state index contributed by atoms with van der Waals surface area (Å²) in [6, 6.07) is 13.7. The fourth-order valence-corrected chi connectivity index (χ4v) is 4.34. The number of aliphatic hydroxyl groups is 1. The van der Waals surface area contributed by atoms with Gasteiger partial charge in [-0.15, -0.1) is 0 Å². The van der Waals surface area contributed by atoms with E-state index in [4.69, 9.17) is 16.3 Å². The highest BCUT2D eigenvalue weighted by Crippen LogP contribution is 2.44. The van der Waals surface area contributed by atoms with Gasteiger partial charge in [0.25, 0.3) is 0 Å². The zero-order valence-electron chi connectivity index (χ0n) is 16.0. The Morgan fingerprint density at radius 2 is 1.89 bits per heavy atom. The van der Waals surface area contributed by atoms with E-state index in [-0.39, 0.29) is 17.5 Å². The molecule has 0 fully saturated rings. The molecule has 3 aliphatic carbocycles. The largest absolute Gasteiger partial charge is 0.508 e. The number of benzene rings is 2. The van der Waals surface area contributed by atoms with E-state index < -0.39 is 5.60 Å². The third kappa shape index (κ3) is 2.99. The van der Waals surface area contributed by atoms with Crippen LogP contribution in [0, 0.1) is 5.92 Å². The van der Waals surface area contributed by atoms with Crippen molar-refractivity contribution in [1.82, 2.24) is 0 Å². The average Bonchev–Trinajstić information content (AvgIpc) is 2.90. The number of halogens is 1. The minimum Gasteiger partial charge on any atom is -0.508 e. The summed E-state index contributed by atoms with van der Waals surface area (Å²) in [5, 5.41) is 11.9. The predicted molar refractivity (Wildman–Crippen MR) is 112 cm³/mol. The molecule has 28 heavy (non-hydrogen) atoms. The van der Waals surface area contributed by atoms with Gasteiger partial charge >= 0.3 is 0 Å². The van der Waals surface area contributed by atoms with Gasteiger partial charge in [0.15, 0.2) is 5.78 Å². The molecule has 0 amide bonds. The van der Waals surface area contributed by atoms with Crippen LogP contribution in [-0.4, -0.2) is 23.6 Å². The predicted octanol–water partition coefficient (Wildman–Crippen LogP) is 5.77. The highest BCUT2D eigenvalue weighted by molar-refractivity contribution is 6.30. The molecule has 3 aliphatic rings. The Labute approximate surface area is 170 Å². The van der Waals surface area contributed by atoms with Gasteiger partial charge in [0.05, 0.1) is 5.57 Å². The number of ether oxygens (including phenoxy) is 1. The van der Waals surface area contributed by atoms with E-state index in [2.05, 4.69) is 6.92 Å². The first-order chi connectivity index (χ1) is 13.5. The molecule has 0 aliphatic heterocycles. The lowest BCUT2D eigenvalue weighted by Gasteiger charge is -2.30. The lowest BCUT2D eigenvalue weighted by Crippen LogP contribution is -2.33. The Balaban J connectivity index is 1.92. The molecule has 2 aromatic rings. The van der Waals surface area contributed by atoms with Crippen LogP contribution in [0.4, 0.5) is 0 Å². The van der Waals surface area contributed by atoms with Crippen LogP contribution in [0.15, 0.2) is 60.4 Å². The summed E-state index contributed by atoms with van der Waals surface area (Å²) in [4.78, 5) is 13.3. The second-order valence-corrected chi connectivity index (χ2v) is 7.85. The van der Waals surface area contributed by atoms with E-state index in [1.165, 1.54) is 0 Å². The highest BCUT2D eigenvalue weighted by atomic mass is 35.5. The Kier molecular flexibility index (Phi) is 4.90. The van der Waals surface area contributed by atoms with Crippen LogP contribution < -0.4 is 0 Å². The van der Waals surface area contributed by atoms with Crippen LogP contribution in [0.25, 0.3) is 16.7 Å². The van der Waals surface area contributed by atoms with Gasteiger partial charge in [0.1, 0.15) is 11.4 Å². The average molecular weight is 395 g/mol. The van der Waals surface area contributed by atoms with Crippen molar-refractivity contribution in [2.24, 2.45) is 5.92 Å². The molecule has 5 rings (SSSR count). The summed E-state index contributed by atoms with van der Waals surface area (Å²) < 4.78 is 5.70. The topological polar surface area (TPSA) is 46.5 Å². The van der Waals surface area contributed by atoms with Crippen LogP contribution in [0.5, 0.6) is 0 Å².